The smallest absolute Gasteiger partial charge is 0.0547 e. The topological polar surface area (TPSA) is 4.93 Å². The Bertz CT molecular complexity index is 1830. The molecule has 1 nitrogen and oxygen atoms in total. The molecular formula is C36H29N. The van der Waals surface area contributed by atoms with Crippen LogP contribution in [0.1, 0.15) is 44.7 Å². The minimum atomic E-state index is -0.0420. The molecule has 1 aromatic heterocycles. The predicted octanol–water partition coefficient (Wildman–Crippen LogP) is 9.24. The van der Waals surface area contributed by atoms with Gasteiger partial charge in [0.2, 0.25) is 0 Å². The average molecular weight is 476 g/mol. The molecule has 4 aromatic carbocycles. The van der Waals surface area contributed by atoms with E-state index in [1.807, 2.05) is 0 Å². The summed E-state index contributed by atoms with van der Waals surface area (Å²) < 4.78 is 2.43. The minimum absolute atomic E-state index is 0.0420. The molecule has 0 radical (unpaired) electrons. The van der Waals surface area contributed by atoms with Crippen LogP contribution < -0.4 is 0 Å². The molecule has 0 fully saturated rings. The van der Waals surface area contributed by atoms with Gasteiger partial charge < -0.3 is 4.57 Å². The van der Waals surface area contributed by atoms with Crippen LogP contribution in [0.5, 0.6) is 0 Å². The first-order valence-corrected chi connectivity index (χ1v) is 13.1. The maximum absolute atomic E-state index is 3.49. The molecule has 0 aliphatic heterocycles. The van der Waals surface area contributed by atoms with E-state index in [2.05, 4.69) is 134 Å². The highest BCUT2D eigenvalue weighted by Crippen LogP contribution is 2.52. The highest BCUT2D eigenvalue weighted by atomic mass is 15.0. The van der Waals surface area contributed by atoms with Crippen molar-refractivity contribution in [3.63, 3.8) is 0 Å². The molecule has 0 saturated heterocycles. The standard InChI is InChI=1S/C36H29N/c1-24-11-7-8-14-28-31(23-24)36(2,3)30-21-22-33-35(34(28)30)29-15-9-10-16-32(29)37(33)27-19-17-26(18-20-27)25-12-5-4-6-13-25/h4-6,9-10,12-13,15-23H,11,14H2,1-3H3/b24-23-. The van der Waals surface area contributed by atoms with Crippen molar-refractivity contribution in [1.29, 1.82) is 0 Å². The van der Waals surface area contributed by atoms with Crippen molar-refractivity contribution >= 4 is 27.4 Å². The summed E-state index contributed by atoms with van der Waals surface area (Å²) in [5.74, 6) is 6.87. The van der Waals surface area contributed by atoms with Crippen LogP contribution in [0, 0.1) is 11.8 Å². The summed E-state index contributed by atoms with van der Waals surface area (Å²) in [4.78, 5) is 0. The molecule has 1 heterocycles. The summed E-state index contributed by atoms with van der Waals surface area (Å²) in [6.45, 7) is 6.96. The Balaban J connectivity index is 1.51. The van der Waals surface area contributed by atoms with Gasteiger partial charge in [-0.2, -0.15) is 0 Å². The van der Waals surface area contributed by atoms with E-state index < -0.39 is 0 Å². The number of hydrogen-bond donors (Lipinski definition) is 0. The Hall–Kier alpha value is -4.28. The number of fused-ring (bicyclic) bond motifs is 6. The van der Waals surface area contributed by atoms with Crippen LogP contribution in [0.2, 0.25) is 0 Å². The van der Waals surface area contributed by atoms with E-state index in [1.54, 1.807) is 0 Å². The average Bonchev–Trinajstić information content (AvgIpc) is 3.35. The normalized spacial score (nSPS) is 17.4. The first-order chi connectivity index (χ1) is 18.0. The summed E-state index contributed by atoms with van der Waals surface area (Å²) in [5.41, 5.74) is 13.1. The van der Waals surface area contributed by atoms with Gasteiger partial charge in [-0.3, -0.25) is 0 Å². The zero-order valence-corrected chi connectivity index (χ0v) is 21.6. The van der Waals surface area contributed by atoms with Crippen molar-refractivity contribution in [2.45, 2.75) is 39.0 Å². The first-order valence-electron chi connectivity index (χ1n) is 13.1. The maximum Gasteiger partial charge on any atom is 0.0547 e. The Morgan fingerprint density at radius 2 is 1.41 bits per heavy atom. The number of nitrogens with zero attached hydrogens (tertiary/aromatic N) is 1. The number of rotatable bonds is 2. The molecule has 0 N–H and O–H groups in total. The van der Waals surface area contributed by atoms with Crippen LogP contribution >= 0.6 is 0 Å². The monoisotopic (exact) mass is 475 g/mol. The van der Waals surface area contributed by atoms with Gasteiger partial charge in [-0.25, -0.2) is 0 Å². The van der Waals surface area contributed by atoms with Gasteiger partial charge in [0.05, 0.1) is 11.0 Å². The van der Waals surface area contributed by atoms with Crippen molar-refractivity contribution < 1.29 is 0 Å². The minimum Gasteiger partial charge on any atom is -0.309 e. The van der Waals surface area contributed by atoms with Crippen LogP contribution in [-0.2, 0) is 5.41 Å². The first kappa shape index (κ1) is 22.0. The second kappa shape index (κ2) is 8.12. The zero-order chi connectivity index (χ0) is 25.1. The second-order valence-electron chi connectivity index (χ2n) is 10.9. The fourth-order valence-corrected chi connectivity index (χ4v) is 6.36. The highest BCUT2D eigenvalue weighted by molar-refractivity contribution is 6.16. The van der Waals surface area contributed by atoms with Gasteiger partial charge in [0.1, 0.15) is 0 Å². The van der Waals surface area contributed by atoms with Crippen LogP contribution in [0.25, 0.3) is 44.2 Å². The van der Waals surface area contributed by atoms with Gasteiger partial charge in [0.25, 0.3) is 0 Å². The molecule has 5 aromatic rings. The van der Waals surface area contributed by atoms with Crippen LogP contribution in [-0.4, -0.2) is 4.57 Å². The number of aromatic nitrogens is 1. The Labute approximate surface area is 218 Å². The van der Waals surface area contributed by atoms with E-state index in [0.717, 1.165) is 12.8 Å². The zero-order valence-electron chi connectivity index (χ0n) is 21.6. The lowest BCUT2D eigenvalue weighted by atomic mass is 9.80. The van der Waals surface area contributed by atoms with E-state index in [9.17, 15) is 0 Å². The van der Waals surface area contributed by atoms with Crippen molar-refractivity contribution in [1.82, 2.24) is 4.57 Å². The quantitative estimate of drug-likeness (QED) is 0.224. The van der Waals surface area contributed by atoms with E-state index >= 15 is 0 Å². The molecule has 0 bridgehead atoms. The predicted molar refractivity (Wildman–Crippen MR) is 157 cm³/mol. The van der Waals surface area contributed by atoms with Crippen molar-refractivity contribution in [2.75, 3.05) is 0 Å². The van der Waals surface area contributed by atoms with E-state index in [4.69, 9.17) is 0 Å². The summed E-state index contributed by atoms with van der Waals surface area (Å²) in [5, 5.41) is 2.66. The fraction of sp³-hybridized carbons (Fsp3) is 0.167. The summed E-state index contributed by atoms with van der Waals surface area (Å²) in [7, 11) is 0. The Morgan fingerprint density at radius 3 is 2.22 bits per heavy atom. The van der Waals surface area contributed by atoms with E-state index in [-0.39, 0.29) is 5.41 Å². The van der Waals surface area contributed by atoms with Gasteiger partial charge in [0.15, 0.2) is 0 Å². The molecule has 37 heavy (non-hydrogen) atoms. The third-order valence-electron chi connectivity index (χ3n) is 8.19. The van der Waals surface area contributed by atoms with Gasteiger partial charge in [-0.05, 0) is 64.6 Å². The maximum atomic E-state index is 3.49. The third kappa shape index (κ3) is 3.26. The highest BCUT2D eigenvalue weighted by Gasteiger charge is 2.38. The Morgan fingerprint density at radius 1 is 0.703 bits per heavy atom. The molecule has 0 saturated carbocycles. The van der Waals surface area contributed by atoms with Gasteiger partial charge in [-0.15, -0.1) is 0 Å². The number of allylic oxidation sites excluding steroid dienone is 4. The molecule has 2 aliphatic carbocycles. The second-order valence-corrected chi connectivity index (χ2v) is 10.9. The van der Waals surface area contributed by atoms with Gasteiger partial charge >= 0.3 is 0 Å². The third-order valence-corrected chi connectivity index (χ3v) is 8.19. The fourth-order valence-electron chi connectivity index (χ4n) is 6.36. The molecule has 0 amide bonds. The summed E-state index contributed by atoms with van der Waals surface area (Å²) >= 11 is 0. The summed E-state index contributed by atoms with van der Waals surface area (Å²) in [6.07, 6.45) is 4.08. The molecule has 2 aliphatic rings. The lowest BCUT2D eigenvalue weighted by molar-refractivity contribution is 0.653. The van der Waals surface area contributed by atoms with Gasteiger partial charge in [-0.1, -0.05) is 104 Å². The lowest BCUT2D eigenvalue weighted by Crippen LogP contribution is -2.16. The molecule has 0 unspecified atom stereocenters. The van der Waals surface area contributed by atoms with Gasteiger partial charge in [0, 0.05) is 34.7 Å². The molecule has 0 spiro atoms. The molecule has 0 atom stereocenters. The van der Waals surface area contributed by atoms with E-state index in [1.165, 1.54) is 66.5 Å². The number of para-hydroxylation sites is 1. The van der Waals surface area contributed by atoms with Crippen molar-refractivity contribution in [3.8, 4) is 28.7 Å². The number of hydrogen-bond acceptors (Lipinski definition) is 0. The molecule has 1 heteroatoms. The van der Waals surface area contributed by atoms with Crippen molar-refractivity contribution in [3.05, 3.63) is 119 Å². The van der Waals surface area contributed by atoms with Crippen molar-refractivity contribution in [2.24, 2.45) is 0 Å². The van der Waals surface area contributed by atoms with Crippen LogP contribution in [0.15, 0.2) is 108 Å². The SMILES string of the molecule is C/C1=C/C2=C(CC#CC1)c1c(ccc3c1c1ccccc1n3-c1ccc(-c3ccccc3)cc1)C2(C)C. The summed E-state index contributed by atoms with van der Waals surface area (Å²) in [6, 6.07) is 33.1. The number of benzene rings is 4. The van der Waals surface area contributed by atoms with E-state index in [0.29, 0.717) is 0 Å². The molecule has 178 valence electrons. The molecule has 7 rings (SSSR count). The van der Waals surface area contributed by atoms with Crippen LogP contribution in [0.3, 0.4) is 0 Å². The lowest BCUT2D eigenvalue weighted by Gasteiger charge is -2.24. The largest absolute Gasteiger partial charge is 0.309 e. The molecular weight excluding hydrogens is 446 g/mol. The Kier molecular flexibility index (Phi) is 4.82. The van der Waals surface area contributed by atoms with Crippen LogP contribution in [0.4, 0.5) is 0 Å².